The molecule has 122 valence electrons. The summed E-state index contributed by atoms with van der Waals surface area (Å²) in [6, 6.07) is 12.7. The maximum absolute atomic E-state index is 5.23. The predicted octanol–water partition coefficient (Wildman–Crippen LogP) is 3.68. The molecule has 1 heterocycles. The lowest BCUT2D eigenvalue weighted by Gasteiger charge is -2.13. The number of benzene rings is 1. The van der Waals surface area contributed by atoms with Crippen LogP contribution in [0.2, 0.25) is 0 Å². The molecule has 0 fully saturated rings. The van der Waals surface area contributed by atoms with Gasteiger partial charge in [-0.15, -0.1) is 0 Å². The summed E-state index contributed by atoms with van der Waals surface area (Å²) in [5.74, 6) is 0. The van der Waals surface area contributed by atoms with E-state index in [1.54, 1.807) is 0 Å². The maximum atomic E-state index is 5.23. The smallest absolute Gasteiger partial charge is 0.187 e. The molecule has 23 heavy (non-hydrogen) atoms. The number of hydrogen-bond acceptors (Lipinski definition) is 2. The molecule has 1 aromatic carbocycles. The van der Waals surface area contributed by atoms with Crippen LogP contribution in [0.3, 0.4) is 0 Å². The van der Waals surface area contributed by atoms with Crippen molar-refractivity contribution in [1.29, 1.82) is 0 Å². The van der Waals surface area contributed by atoms with E-state index in [0.29, 0.717) is 17.7 Å². The first-order valence-electron chi connectivity index (χ1n) is 7.78. The Morgan fingerprint density at radius 2 is 1.96 bits per heavy atom. The van der Waals surface area contributed by atoms with Gasteiger partial charge in [0, 0.05) is 29.5 Å². The van der Waals surface area contributed by atoms with Crippen molar-refractivity contribution in [2.75, 3.05) is 0 Å². The molecular weight excluding hydrogens is 304 g/mol. The first kappa shape index (κ1) is 17.2. The van der Waals surface area contributed by atoms with Crippen LogP contribution in [-0.4, -0.2) is 15.9 Å². The number of nitrogens with zero attached hydrogens (tertiary/aromatic N) is 2. The third-order valence-electron chi connectivity index (χ3n) is 3.71. The van der Waals surface area contributed by atoms with Gasteiger partial charge in [0.15, 0.2) is 5.11 Å². The van der Waals surface area contributed by atoms with E-state index in [1.807, 2.05) is 24.4 Å². The van der Waals surface area contributed by atoms with Crippen molar-refractivity contribution in [2.45, 2.75) is 40.3 Å². The monoisotopic (exact) mass is 328 g/mol. The lowest BCUT2D eigenvalue weighted by Crippen LogP contribution is -2.31. The minimum absolute atomic E-state index is 0.443. The first-order chi connectivity index (χ1) is 11.0. The Labute approximate surface area is 143 Å². The van der Waals surface area contributed by atoms with Crippen molar-refractivity contribution in [3.05, 3.63) is 58.9 Å². The first-order valence-corrected chi connectivity index (χ1v) is 8.19. The number of nitrogens with one attached hydrogen (secondary N) is 2. The SMILES string of the molecule is Cc1cc(/C=N\NC(=S)NCc2ccccc2)c(C)n1C(C)C. The fourth-order valence-corrected chi connectivity index (χ4v) is 2.83. The van der Waals surface area contributed by atoms with Gasteiger partial charge < -0.3 is 9.88 Å². The Morgan fingerprint density at radius 3 is 2.57 bits per heavy atom. The van der Waals surface area contributed by atoms with Crippen LogP contribution in [0.15, 0.2) is 41.5 Å². The average Bonchev–Trinajstić information content (AvgIpc) is 2.80. The van der Waals surface area contributed by atoms with E-state index in [0.717, 1.165) is 5.56 Å². The van der Waals surface area contributed by atoms with Crippen molar-refractivity contribution >= 4 is 23.5 Å². The summed E-state index contributed by atoms with van der Waals surface area (Å²) in [6.45, 7) is 9.28. The summed E-state index contributed by atoms with van der Waals surface area (Å²) < 4.78 is 2.30. The Bertz CT molecular complexity index is 687. The quantitative estimate of drug-likeness (QED) is 0.500. The van der Waals surface area contributed by atoms with Crippen molar-refractivity contribution in [1.82, 2.24) is 15.3 Å². The Balaban J connectivity index is 1.89. The molecule has 0 aliphatic rings. The van der Waals surface area contributed by atoms with E-state index in [9.17, 15) is 0 Å². The second-order valence-corrected chi connectivity index (χ2v) is 6.24. The molecule has 4 nitrogen and oxygen atoms in total. The summed E-state index contributed by atoms with van der Waals surface area (Å²) in [5.41, 5.74) is 7.61. The molecule has 1 aromatic heterocycles. The summed E-state index contributed by atoms with van der Waals surface area (Å²) >= 11 is 5.23. The van der Waals surface area contributed by atoms with Crippen molar-refractivity contribution < 1.29 is 0 Å². The van der Waals surface area contributed by atoms with Gasteiger partial charge in [0.05, 0.1) is 6.21 Å². The van der Waals surface area contributed by atoms with Crippen LogP contribution in [0.1, 0.15) is 42.4 Å². The summed E-state index contributed by atoms with van der Waals surface area (Å²) in [5, 5.41) is 7.89. The third-order valence-corrected chi connectivity index (χ3v) is 3.94. The van der Waals surface area contributed by atoms with Crippen LogP contribution in [0.4, 0.5) is 0 Å². The van der Waals surface area contributed by atoms with E-state index in [2.05, 4.69) is 66.3 Å². The summed E-state index contributed by atoms with van der Waals surface area (Å²) in [6.07, 6.45) is 1.82. The number of thiocarbonyl (C=S) groups is 1. The Hall–Kier alpha value is -2.14. The zero-order valence-corrected chi connectivity index (χ0v) is 14.9. The summed E-state index contributed by atoms with van der Waals surface area (Å²) in [7, 11) is 0. The summed E-state index contributed by atoms with van der Waals surface area (Å²) in [4.78, 5) is 0. The van der Waals surface area contributed by atoms with Crippen LogP contribution in [0, 0.1) is 13.8 Å². The zero-order valence-electron chi connectivity index (χ0n) is 14.1. The molecule has 0 radical (unpaired) electrons. The fourth-order valence-electron chi connectivity index (χ4n) is 2.71. The normalized spacial score (nSPS) is 11.2. The fraction of sp³-hybridized carbons (Fsp3) is 0.333. The van der Waals surface area contributed by atoms with E-state index >= 15 is 0 Å². The van der Waals surface area contributed by atoms with E-state index < -0.39 is 0 Å². The van der Waals surface area contributed by atoms with Crippen LogP contribution in [-0.2, 0) is 6.54 Å². The molecule has 2 rings (SSSR count). The number of hydrazone groups is 1. The lowest BCUT2D eigenvalue weighted by atomic mass is 10.2. The third kappa shape index (κ3) is 4.66. The molecule has 0 unspecified atom stereocenters. The highest BCUT2D eigenvalue weighted by molar-refractivity contribution is 7.80. The highest BCUT2D eigenvalue weighted by Crippen LogP contribution is 2.18. The van der Waals surface area contributed by atoms with Gasteiger partial charge in [0.1, 0.15) is 0 Å². The van der Waals surface area contributed by atoms with Gasteiger partial charge in [-0.25, -0.2) is 0 Å². The molecular formula is C18H24N4S. The second kappa shape index (κ2) is 7.92. The van der Waals surface area contributed by atoms with Gasteiger partial charge in [-0.2, -0.15) is 5.10 Å². The lowest BCUT2D eigenvalue weighted by molar-refractivity contribution is 0.574. The van der Waals surface area contributed by atoms with Crippen LogP contribution >= 0.6 is 12.2 Å². The average molecular weight is 328 g/mol. The Kier molecular flexibility index (Phi) is 5.93. The highest BCUT2D eigenvalue weighted by Gasteiger charge is 2.09. The molecule has 0 atom stereocenters. The number of hydrogen-bond donors (Lipinski definition) is 2. The Morgan fingerprint density at radius 1 is 1.26 bits per heavy atom. The van der Waals surface area contributed by atoms with Gasteiger partial charge in [0.25, 0.3) is 0 Å². The van der Waals surface area contributed by atoms with Crippen LogP contribution in [0.5, 0.6) is 0 Å². The topological polar surface area (TPSA) is 41.4 Å². The molecule has 0 aliphatic heterocycles. The molecule has 2 aromatic rings. The number of aromatic nitrogens is 1. The molecule has 2 N–H and O–H groups in total. The zero-order chi connectivity index (χ0) is 16.8. The molecule has 0 bridgehead atoms. The largest absolute Gasteiger partial charge is 0.357 e. The number of rotatable bonds is 5. The van der Waals surface area contributed by atoms with Crippen LogP contribution in [0.25, 0.3) is 0 Å². The van der Waals surface area contributed by atoms with Crippen molar-refractivity contribution in [3.8, 4) is 0 Å². The van der Waals surface area contributed by atoms with Gasteiger partial charge >= 0.3 is 0 Å². The molecule has 0 amide bonds. The maximum Gasteiger partial charge on any atom is 0.187 e. The van der Waals surface area contributed by atoms with E-state index in [-0.39, 0.29) is 0 Å². The van der Waals surface area contributed by atoms with Gasteiger partial charge in [-0.3, -0.25) is 5.43 Å². The predicted molar refractivity (Wildman–Crippen MR) is 101 cm³/mol. The molecule has 0 saturated carbocycles. The van der Waals surface area contributed by atoms with Crippen molar-refractivity contribution in [2.24, 2.45) is 5.10 Å². The van der Waals surface area contributed by atoms with Crippen molar-refractivity contribution in [3.63, 3.8) is 0 Å². The molecule has 0 spiro atoms. The molecule has 5 heteroatoms. The van der Waals surface area contributed by atoms with E-state index in [1.165, 1.54) is 17.0 Å². The van der Waals surface area contributed by atoms with Crippen LogP contribution < -0.4 is 10.7 Å². The standard InChI is InChI=1S/C18H24N4S/c1-13(2)22-14(3)10-17(15(22)4)12-20-21-18(23)19-11-16-8-6-5-7-9-16/h5-10,12-13H,11H2,1-4H3,(H2,19,21,23)/b20-12-. The van der Waals surface area contributed by atoms with Gasteiger partial charge in [-0.1, -0.05) is 30.3 Å². The number of aryl methyl sites for hydroxylation is 1. The minimum atomic E-state index is 0.443. The minimum Gasteiger partial charge on any atom is -0.357 e. The van der Waals surface area contributed by atoms with Gasteiger partial charge in [-0.05, 0) is 51.5 Å². The highest BCUT2D eigenvalue weighted by atomic mass is 32.1. The molecule has 0 aliphatic carbocycles. The second-order valence-electron chi connectivity index (χ2n) is 5.83. The van der Waals surface area contributed by atoms with Gasteiger partial charge in [0.2, 0.25) is 0 Å². The molecule has 0 saturated heterocycles. The van der Waals surface area contributed by atoms with E-state index in [4.69, 9.17) is 12.2 Å².